The molecule has 0 atom stereocenters. The van der Waals surface area contributed by atoms with Crippen LogP contribution >= 0.6 is 15.9 Å². The van der Waals surface area contributed by atoms with Crippen molar-refractivity contribution in [1.82, 2.24) is 15.1 Å². The van der Waals surface area contributed by atoms with E-state index in [1.54, 1.807) is 17.1 Å². The van der Waals surface area contributed by atoms with Crippen LogP contribution in [-0.4, -0.2) is 15.7 Å². The molecule has 1 aromatic carbocycles. The van der Waals surface area contributed by atoms with Gasteiger partial charge in [-0.2, -0.15) is 5.10 Å². The number of nitrogens with one attached hydrogen (secondary N) is 1. The van der Waals surface area contributed by atoms with Crippen LogP contribution in [0.4, 0.5) is 0 Å². The third kappa shape index (κ3) is 3.53. The summed E-state index contributed by atoms with van der Waals surface area (Å²) in [5.41, 5.74) is 2.40. The molecule has 118 valence electrons. The number of hydrogen-bond acceptors (Lipinski definition) is 3. The lowest BCUT2D eigenvalue weighted by molar-refractivity contribution is 0.0951. The van der Waals surface area contributed by atoms with Gasteiger partial charge in [0.05, 0.1) is 17.4 Å². The van der Waals surface area contributed by atoms with E-state index in [4.69, 9.17) is 4.42 Å². The van der Waals surface area contributed by atoms with Gasteiger partial charge in [-0.3, -0.25) is 4.79 Å². The third-order valence-electron chi connectivity index (χ3n) is 3.52. The van der Waals surface area contributed by atoms with E-state index in [0.717, 1.165) is 27.2 Å². The summed E-state index contributed by atoms with van der Waals surface area (Å²) in [5.74, 6) is 1.51. The van der Waals surface area contributed by atoms with Crippen molar-refractivity contribution in [2.75, 3.05) is 0 Å². The Morgan fingerprint density at radius 2 is 2.04 bits per heavy atom. The zero-order chi connectivity index (χ0) is 16.4. The van der Waals surface area contributed by atoms with E-state index in [0.29, 0.717) is 12.1 Å². The van der Waals surface area contributed by atoms with Gasteiger partial charge in [-0.1, -0.05) is 15.9 Å². The van der Waals surface area contributed by atoms with Crippen LogP contribution < -0.4 is 5.32 Å². The van der Waals surface area contributed by atoms with Crippen LogP contribution in [0.2, 0.25) is 0 Å². The first kappa shape index (κ1) is 15.6. The first-order valence-electron chi connectivity index (χ1n) is 7.17. The van der Waals surface area contributed by atoms with Gasteiger partial charge in [-0.25, -0.2) is 4.68 Å². The van der Waals surface area contributed by atoms with Gasteiger partial charge in [-0.15, -0.1) is 0 Å². The number of aryl methyl sites for hydroxylation is 2. The van der Waals surface area contributed by atoms with Crippen molar-refractivity contribution < 1.29 is 9.21 Å². The number of carbonyl (C=O) groups excluding carboxylic acids is 1. The van der Waals surface area contributed by atoms with Gasteiger partial charge in [0.2, 0.25) is 0 Å². The molecule has 0 saturated carbocycles. The molecule has 0 aliphatic rings. The van der Waals surface area contributed by atoms with Crippen molar-refractivity contribution >= 4 is 21.8 Å². The Kier molecular flexibility index (Phi) is 4.34. The smallest absolute Gasteiger partial charge is 0.254 e. The summed E-state index contributed by atoms with van der Waals surface area (Å²) in [6, 6.07) is 9.65. The van der Waals surface area contributed by atoms with Crippen molar-refractivity contribution in [1.29, 1.82) is 0 Å². The number of hydrogen-bond donors (Lipinski definition) is 1. The Labute approximate surface area is 142 Å². The fourth-order valence-corrected chi connectivity index (χ4v) is 2.58. The molecule has 0 unspecified atom stereocenters. The lowest BCUT2D eigenvalue weighted by atomic mass is 10.2. The van der Waals surface area contributed by atoms with Crippen molar-refractivity contribution in [3.05, 3.63) is 69.8 Å². The average Bonchev–Trinajstić information content (AvgIpc) is 3.12. The number of furan rings is 1. The highest BCUT2D eigenvalue weighted by Crippen LogP contribution is 2.15. The molecule has 2 heterocycles. The third-order valence-corrected chi connectivity index (χ3v) is 4.05. The molecule has 0 spiro atoms. The second-order valence-electron chi connectivity index (χ2n) is 5.27. The molecule has 5 nitrogen and oxygen atoms in total. The molecule has 0 aliphatic heterocycles. The zero-order valence-corrected chi connectivity index (χ0v) is 14.4. The van der Waals surface area contributed by atoms with Gasteiger partial charge >= 0.3 is 0 Å². The Hall–Kier alpha value is -2.34. The van der Waals surface area contributed by atoms with E-state index in [-0.39, 0.29) is 5.91 Å². The quantitative estimate of drug-likeness (QED) is 0.756. The Balaban J connectivity index is 1.69. The zero-order valence-electron chi connectivity index (χ0n) is 12.8. The highest BCUT2D eigenvalue weighted by Gasteiger charge is 2.11. The SMILES string of the molecule is Cc1cc(CNC(=O)c2cnn(-c3ccc(Br)cc3)c2)c(C)o1. The minimum absolute atomic E-state index is 0.161. The number of rotatable bonds is 4. The Morgan fingerprint density at radius 1 is 1.30 bits per heavy atom. The largest absolute Gasteiger partial charge is 0.466 e. The summed E-state index contributed by atoms with van der Waals surface area (Å²) in [5, 5.41) is 7.12. The van der Waals surface area contributed by atoms with Gasteiger partial charge in [0.25, 0.3) is 5.91 Å². The number of aromatic nitrogens is 2. The molecule has 0 bridgehead atoms. The summed E-state index contributed by atoms with van der Waals surface area (Å²) >= 11 is 3.40. The van der Waals surface area contributed by atoms with Crippen LogP contribution in [0.3, 0.4) is 0 Å². The van der Waals surface area contributed by atoms with E-state index in [1.807, 2.05) is 44.2 Å². The Morgan fingerprint density at radius 3 is 2.70 bits per heavy atom. The van der Waals surface area contributed by atoms with Crippen molar-refractivity contribution in [3.8, 4) is 5.69 Å². The van der Waals surface area contributed by atoms with Gasteiger partial charge in [0.1, 0.15) is 11.5 Å². The average molecular weight is 374 g/mol. The highest BCUT2D eigenvalue weighted by atomic mass is 79.9. The predicted molar refractivity (Wildman–Crippen MR) is 90.6 cm³/mol. The molecular weight excluding hydrogens is 358 g/mol. The predicted octanol–water partition coefficient (Wildman–Crippen LogP) is 3.77. The second-order valence-corrected chi connectivity index (χ2v) is 6.19. The van der Waals surface area contributed by atoms with Gasteiger partial charge in [-0.05, 0) is 44.2 Å². The normalized spacial score (nSPS) is 10.7. The maximum absolute atomic E-state index is 12.2. The lowest BCUT2D eigenvalue weighted by Crippen LogP contribution is -2.22. The topological polar surface area (TPSA) is 60.1 Å². The summed E-state index contributed by atoms with van der Waals surface area (Å²) < 4.78 is 8.13. The standard InChI is InChI=1S/C17H16BrN3O2/c1-11-7-13(12(2)23-11)8-19-17(22)14-9-20-21(10-14)16-5-3-15(18)4-6-16/h3-7,9-10H,8H2,1-2H3,(H,19,22). The van der Waals surface area contributed by atoms with E-state index >= 15 is 0 Å². The number of halogens is 1. The number of amides is 1. The first-order valence-corrected chi connectivity index (χ1v) is 7.97. The molecule has 3 aromatic rings. The van der Waals surface area contributed by atoms with Gasteiger partial charge in [0, 0.05) is 22.8 Å². The summed E-state index contributed by atoms with van der Waals surface area (Å²) in [6.07, 6.45) is 3.27. The van der Waals surface area contributed by atoms with Crippen LogP contribution in [0.15, 0.2) is 51.6 Å². The minimum Gasteiger partial charge on any atom is -0.466 e. The Bertz CT molecular complexity index is 834. The highest BCUT2D eigenvalue weighted by molar-refractivity contribution is 9.10. The molecule has 3 rings (SSSR count). The minimum atomic E-state index is -0.161. The molecule has 23 heavy (non-hydrogen) atoms. The summed E-state index contributed by atoms with van der Waals surface area (Å²) in [7, 11) is 0. The van der Waals surface area contributed by atoms with Crippen molar-refractivity contribution in [3.63, 3.8) is 0 Å². The van der Waals surface area contributed by atoms with Crippen LogP contribution in [0, 0.1) is 13.8 Å². The van der Waals surface area contributed by atoms with E-state index in [9.17, 15) is 4.79 Å². The molecule has 0 radical (unpaired) electrons. The molecular formula is C17H16BrN3O2. The first-order chi connectivity index (χ1) is 11.0. The molecule has 2 aromatic heterocycles. The molecule has 1 N–H and O–H groups in total. The number of benzene rings is 1. The fraction of sp³-hybridized carbons (Fsp3) is 0.176. The number of nitrogens with zero attached hydrogens (tertiary/aromatic N) is 2. The maximum Gasteiger partial charge on any atom is 0.254 e. The maximum atomic E-state index is 12.2. The van der Waals surface area contributed by atoms with Gasteiger partial charge < -0.3 is 9.73 Å². The second kappa shape index (κ2) is 6.42. The fourth-order valence-electron chi connectivity index (χ4n) is 2.31. The molecule has 0 aliphatic carbocycles. The molecule has 6 heteroatoms. The summed E-state index contributed by atoms with van der Waals surface area (Å²) in [6.45, 7) is 4.21. The van der Waals surface area contributed by atoms with E-state index in [1.165, 1.54) is 0 Å². The molecule has 0 saturated heterocycles. The van der Waals surface area contributed by atoms with Crippen LogP contribution in [0.5, 0.6) is 0 Å². The summed E-state index contributed by atoms with van der Waals surface area (Å²) in [4.78, 5) is 12.2. The van der Waals surface area contributed by atoms with Crippen molar-refractivity contribution in [2.24, 2.45) is 0 Å². The van der Waals surface area contributed by atoms with Gasteiger partial charge in [0.15, 0.2) is 0 Å². The van der Waals surface area contributed by atoms with Crippen LogP contribution in [0.25, 0.3) is 5.69 Å². The van der Waals surface area contributed by atoms with Crippen LogP contribution in [0.1, 0.15) is 27.4 Å². The number of carbonyl (C=O) groups is 1. The molecule has 0 fully saturated rings. The molecule has 1 amide bonds. The van der Waals surface area contributed by atoms with Crippen molar-refractivity contribution in [2.45, 2.75) is 20.4 Å². The van der Waals surface area contributed by atoms with Crippen LogP contribution in [-0.2, 0) is 6.54 Å². The van der Waals surface area contributed by atoms with E-state index < -0.39 is 0 Å². The van der Waals surface area contributed by atoms with E-state index in [2.05, 4.69) is 26.3 Å². The lowest BCUT2D eigenvalue weighted by Gasteiger charge is -2.02. The monoisotopic (exact) mass is 373 g/mol.